The molecule has 0 bridgehead atoms. The van der Waals surface area contributed by atoms with Crippen LogP contribution in [-0.2, 0) is 0 Å². The molecule has 0 saturated carbocycles. The Balaban J connectivity index is 1.90. The Kier molecular flexibility index (Phi) is 7.87. The van der Waals surface area contributed by atoms with Crippen molar-refractivity contribution in [3.8, 4) is 6.01 Å². The Hall–Kier alpha value is -5.10. The fraction of sp³-hybridized carbons (Fsp3) is 0.158. The van der Waals surface area contributed by atoms with Gasteiger partial charge in [0.2, 0.25) is 5.95 Å². The number of hydrogen-bond donors (Lipinski definition) is 2. The predicted molar refractivity (Wildman–Crippen MR) is 117 cm³/mol. The van der Waals surface area contributed by atoms with Gasteiger partial charge >= 0.3 is 18.4 Å². The smallest absolute Gasteiger partial charge is 0.434 e. The minimum atomic E-state index is -5.86. The van der Waals surface area contributed by atoms with E-state index in [2.05, 4.69) is 35.5 Å². The quantitative estimate of drug-likeness (QED) is 0.165. The molecule has 1 aromatic heterocycles. The van der Waals surface area contributed by atoms with Crippen molar-refractivity contribution < 1.29 is 40.9 Å². The van der Waals surface area contributed by atoms with Gasteiger partial charge in [-0.3, -0.25) is 20.2 Å². The summed E-state index contributed by atoms with van der Waals surface area (Å²) in [6.45, 7) is 0. The van der Waals surface area contributed by atoms with Crippen LogP contribution in [0.3, 0.4) is 0 Å². The number of rotatable bonds is 9. The molecule has 19 heteroatoms. The third-order valence-corrected chi connectivity index (χ3v) is 4.25. The first-order valence-electron chi connectivity index (χ1n) is 9.83. The van der Waals surface area contributed by atoms with Crippen LogP contribution in [0.1, 0.15) is 5.56 Å². The van der Waals surface area contributed by atoms with Gasteiger partial charge in [0.1, 0.15) is 0 Å². The maximum absolute atomic E-state index is 13.0. The van der Waals surface area contributed by atoms with E-state index in [9.17, 15) is 46.6 Å². The number of ether oxygens (including phenoxy) is 1. The van der Waals surface area contributed by atoms with E-state index in [0.717, 1.165) is 30.5 Å². The summed E-state index contributed by atoms with van der Waals surface area (Å²) in [7, 11) is 0. The highest BCUT2D eigenvalue weighted by atomic mass is 19.4. The van der Waals surface area contributed by atoms with Crippen molar-refractivity contribution in [2.24, 2.45) is 5.10 Å². The van der Waals surface area contributed by atoms with Crippen LogP contribution in [0.5, 0.6) is 6.01 Å². The monoisotopic (exact) mass is 546 g/mol. The fourth-order valence-electron chi connectivity index (χ4n) is 2.58. The second kappa shape index (κ2) is 10.9. The van der Waals surface area contributed by atoms with Crippen LogP contribution in [0.2, 0.25) is 0 Å². The number of benzene rings is 2. The molecule has 0 aliphatic rings. The summed E-state index contributed by atoms with van der Waals surface area (Å²) in [5, 5.41) is 27.6. The molecular weight excluding hydrogens is 534 g/mol. The zero-order valence-electron chi connectivity index (χ0n) is 18.3. The van der Waals surface area contributed by atoms with Crippen LogP contribution in [0.25, 0.3) is 0 Å². The fourth-order valence-corrected chi connectivity index (χ4v) is 2.58. The molecule has 0 spiro atoms. The van der Waals surface area contributed by atoms with E-state index in [0.29, 0.717) is 5.56 Å². The van der Waals surface area contributed by atoms with E-state index in [-0.39, 0.29) is 17.1 Å². The van der Waals surface area contributed by atoms with Crippen LogP contribution in [0.15, 0.2) is 53.6 Å². The molecule has 200 valence electrons. The summed E-state index contributed by atoms with van der Waals surface area (Å²) in [4.78, 5) is 30.7. The van der Waals surface area contributed by atoms with Crippen molar-refractivity contribution >= 4 is 35.2 Å². The van der Waals surface area contributed by atoms with Crippen LogP contribution in [0, 0.1) is 20.2 Å². The molecule has 3 aromatic rings. The topological polar surface area (TPSA) is 171 Å². The number of anilines is 3. The minimum Gasteiger partial charge on any atom is -0.440 e. The Morgan fingerprint density at radius 1 is 0.816 bits per heavy atom. The average molecular weight is 546 g/mol. The third-order valence-electron chi connectivity index (χ3n) is 4.25. The van der Waals surface area contributed by atoms with Crippen LogP contribution >= 0.6 is 0 Å². The van der Waals surface area contributed by atoms with E-state index in [4.69, 9.17) is 0 Å². The molecule has 2 N–H and O–H groups in total. The molecule has 0 saturated heterocycles. The van der Waals surface area contributed by atoms with Crippen molar-refractivity contribution in [3.63, 3.8) is 0 Å². The molecule has 0 aliphatic heterocycles. The first kappa shape index (κ1) is 27.5. The number of alkyl halides is 6. The zero-order chi connectivity index (χ0) is 28.1. The number of halogens is 6. The highest BCUT2D eigenvalue weighted by Gasteiger charge is 2.59. The number of hydrogen-bond acceptors (Lipinski definition) is 11. The molecule has 0 unspecified atom stereocenters. The van der Waals surface area contributed by atoms with E-state index in [1.165, 1.54) is 24.3 Å². The van der Waals surface area contributed by atoms with Gasteiger partial charge in [-0.05, 0) is 29.8 Å². The molecule has 13 nitrogen and oxygen atoms in total. The highest BCUT2D eigenvalue weighted by molar-refractivity contribution is 5.80. The van der Waals surface area contributed by atoms with Crippen molar-refractivity contribution in [1.82, 2.24) is 15.0 Å². The molecule has 0 fully saturated rings. The lowest BCUT2D eigenvalue weighted by molar-refractivity contribution is -0.385. The summed E-state index contributed by atoms with van der Waals surface area (Å²) in [5.41, 5.74) is 2.08. The van der Waals surface area contributed by atoms with Gasteiger partial charge in [0.25, 0.3) is 23.4 Å². The Morgan fingerprint density at radius 2 is 1.32 bits per heavy atom. The number of non-ortho nitro benzene ring substituents is 2. The summed E-state index contributed by atoms with van der Waals surface area (Å²) in [5.74, 6) is -1.25. The van der Waals surface area contributed by atoms with Crippen molar-refractivity contribution in [3.05, 3.63) is 74.3 Å². The van der Waals surface area contributed by atoms with Gasteiger partial charge in [0, 0.05) is 30.0 Å². The van der Waals surface area contributed by atoms with Gasteiger partial charge < -0.3 is 10.1 Å². The number of hydrazone groups is 1. The normalized spacial score (nSPS) is 12.0. The molecule has 0 radical (unpaired) electrons. The number of nitro benzene ring substituents is 2. The number of nitrogens with zero attached hydrogens (tertiary/aromatic N) is 6. The van der Waals surface area contributed by atoms with Gasteiger partial charge in [0.15, 0.2) is 0 Å². The molecule has 0 aliphatic carbocycles. The summed E-state index contributed by atoms with van der Waals surface area (Å²) in [6, 6.07) is 8.06. The lowest BCUT2D eigenvalue weighted by Gasteiger charge is -2.22. The number of aromatic nitrogens is 3. The molecule has 1 heterocycles. The van der Waals surface area contributed by atoms with Crippen molar-refractivity contribution in [1.29, 1.82) is 0 Å². The number of nitrogens with one attached hydrogen (secondary N) is 2. The molecule has 0 amide bonds. The molecular formula is C19H12F6N8O5. The molecule has 3 rings (SSSR count). The van der Waals surface area contributed by atoms with E-state index in [1.54, 1.807) is 0 Å². The van der Waals surface area contributed by atoms with Gasteiger partial charge in [-0.25, -0.2) is 5.43 Å². The van der Waals surface area contributed by atoms with Crippen molar-refractivity contribution in [2.45, 2.75) is 18.5 Å². The van der Waals surface area contributed by atoms with E-state index >= 15 is 0 Å². The van der Waals surface area contributed by atoms with Gasteiger partial charge in [0.05, 0.1) is 16.1 Å². The second-order valence-corrected chi connectivity index (χ2v) is 6.99. The summed E-state index contributed by atoms with van der Waals surface area (Å²) >= 11 is 0. The first-order chi connectivity index (χ1) is 17.7. The summed E-state index contributed by atoms with van der Waals surface area (Å²) < 4.78 is 81.7. The van der Waals surface area contributed by atoms with Crippen molar-refractivity contribution in [2.75, 3.05) is 10.7 Å². The third kappa shape index (κ3) is 7.45. The van der Waals surface area contributed by atoms with E-state index in [1.807, 2.05) is 0 Å². The number of nitro groups is 2. The van der Waals surface area contributed by atoms with Crippen LogP contribution in [-0.4, -0.2) is 49.5 Å². The lowest BCUT2D eigenvalue weighted by atomic mass is 10.2. The van der Waals surface area contributed by atoms with Gasteiger partial charge in [-0.1, -0.05) is 0 Å². The van der Waals surface area contributed by atoms with Gasteiger partial charge in [-0.15, -0.1) is 0 Å². The Bertz CT molecular complexity index is 1320. The molecule has 38 heavy (non-hydrogen) atoms. The maximum atomic E-state index is 13.0. The average Bonchev–Trinajstić information content (AvgIpc) is 2.82. The predicted octanol–water partition coefficient (Wildman–Crippen LogP) is 4.75. The summed E-state index contributed by atoms with van der Waals surface area (Å²) in [6.07, 6.45) is -14.9. The Labute approximate surface area is 206 Å². The molecule has 2 aromatic carbocycles. The highest BCUT2D eigenvalue weighted by Crippen LogP contribution is 2.36. The van der Waals surface area contributed by atoms with Crippen LogP contribution in [0.4, 0.5) is 55.3 Å². The van der Waals surface area contributed by atoms with Gasteiger partial charge in [-0.2, -0.15) is 46.4 Å². The molecule has 0 atom stereocenters. The first-order valence-corrected chi connectivity index (χ1v) is 9.83. The Morgan fingerprint density at radius 3 is 1.82 bits per heavy atom. The van der Waals surface area contributed by atoms with Crippen LogP contribution < -0.4 is 15.5 Å². The SMILES string of the molecule is O=[N+]([O-])c1ccc(C=NNc2nc(Nc3ccc([N+](=O)[O-])cc3)nc(OC(C(F)(F)F)C(F)(F)F)n2)cc1. The second-order valence-electron chi connectivity index (χ2n) is 6.99. The lowest BCUT2D eigenvalue weighted by Crippen LogP contribution is -2.46. The maximum Gasteiger partial charge on any atom is 0.434 e. The standard InChI is InChI=1S/C19H12F6N8O5/c20-18(21,22)14(19(23,24)25)38-17-29-15(27-11-3-7-13(8-4-11)33(36)37)28-16(30-17)31-26-9-10-1-5-12(6-2-10)32(34)35/h1-9,14H,(H2,27,28,29,30,31). The largest absolute Gasteiger partial charge is 0.440 e. The zero-order valence-corrected chi connectivity index (χ0v) is 18.3. The minimum absolute atomic E-state index is 0.0799. The van der Waals surface area contributed by atoms with E-state index < -0.39 is 46.2 Å².